The van der Waals surface area contributed by atoms with Crippen molar-refractivity contribution in [2.24, 2.45) is 0 Å². The fourth-order valence-electron chi connectivity index (χ4n) is 1.51. The van der Waals surface area contributed by atoms with Gasteiger partial charge in [0.15, 0.2) is 5.54 Å². The van der Waals surface area contributed by atoms with Crippen LogP contribution in [-0.4, -0.2) is 11.1 Å². The fraction of sp³-hybridized carbons (Fsp3) is 0.100. The van der Waals surface area contributed by atoms with Crippen molar-refractivity contribution >= 4 is 17.6 Å². The van der Waals surface area contributed by atoms with Crippen molar-refractivity contribution in [1.82, 2.24) is 10.9 Å². The number of benzene rings is 1. The van der Waals surface area contributed by atoms with Gasteiger partial charge in [0.1, 0.15) is 0 Å². The number of aliphatic carboxylic acids is 1. The molecule has 1 aromatic rings. The lowest BCUT2D eigenvalue weighted by Gasteiger charge is -2.23. The highest BCUT2D eigenvalue weighted by atomic mass is 35.5. The number of hydrogen-bond acceptors (Lipinski definition) is 3. The Labute approximate surface area is 91.5 Å². The summed E-state index contributed by atoms with van der Waals surface area (Å²) < 4.78 is 0. The lowest BCUT2D eigenvalue weighted by Crippen LogP contribution is -2.48. The van der Waals surface area contributed by atoms with Gasteiger partial charge in [-0.15, -0.1) is 0 Å². The van der Waals surface area contributed by atoms with Crippen molar-refractivity contribution in [2.75, 3.05) is 0 Å². The molecule has 0 aromatic heterocycles. The van der Waals surface area contributed by atoms with Gasteiger partial charge in [-0.25, -0.2) is 10.2 Å². The third-order valence-corrected chi connectivity index (χ3v) is 2.54. The number of carboxylic acids is 1. The molecule has 1 aliphatic rings. The summed E-state index contributed by atoms with van der Waals surface area (Å²) in [6.45, 7) is 0. The molecule has 78 valence electrons. The number of hydrogen-bond donors (Lipinski definition) is 3. The van der Waals surface area contributed by atoms with Gasteiger partial charge >= 0.3 is 5.97 Å². The van der Waals surface area contributed by atoms with E-state index in [1.165, 1.54) is 0 Å². The summed E-state index contributed by atoms with van der Waals surface area (Å²) in [6, 6.07) is 6.76. The topological polar surface area (TPSA) is 61.4 Å². The first-order valence-corrected chi connectivity index (χ1v) is 4.73. The second-order valence-corrected chi connectivity index (χ2v) is 3.66. The highest BCUT2D eigenvalue weighted by Gasteiger charge is 2.40. The predicted molar refractivity (Wildman–Crippen MR) is 56.2 cm³/mol. The highest BCUT2D eigenvalue weighted by Crippen LogP contribution is 2.27. The van der Waals surface area contributed by atoms with Crippen LogP contribution in [0.5, 0.6) is 0 Å². The summed E-state index contributed by atoms with van der Waals surface area (Å²) in [6.07, 6.45) is 3.09. The summed E-state index contributed by atoms with van der Waals surface area (Å²) in [5, 5.41) is 9.72. The lowest BCUT2D eigenvalue weighted by molar-refractivity contribution is -0.143. The minimum Gasteiger partial charge on any atom is -0.479 e. The van der Waals surface area contributed by atoms with Crippen molar-refractivity contribution < 1.29 is 9.90 Å². The van der Waals surface area contributed by atoms with Gasteiger partial charge in [0, 0.05) is 11.2 Å². The highest BCUT2D eigenvalue weighted by molar-refractivity contribution is 6.30. The summed E-state index contributed by atoms with van der Waals surface area (Å²) in [5.41, 5.74) is 4.71. The molecular weight excluding hydrogens is 216 g/mol. The molecule has 1 unspecified atom stereocenters. The zero-order valence-electron chi connectivity index (χ0n) is 7.70. The molecule has 0 aliphatic carbocycles. The summed E-state index contributed by atoms with van der Waals surface area (Å²) >= 11 is 5.82. The summed E-state index contributed by atoms with van der Waals surface area (Å²) in [4.78, 5) is 11.2. The second-order valence-electron chi connectivity index (χ2n) is 3.23. The summed E-state index contributed by atoms with van der Waals surface area (Å²) in [7, 11) is 0. The van der Waals surface area contributed by atoms with E-state index in [9.17, 15) is 9.90 Å². The van der Waals surface area contributed by atoms with E-state index in [0.29, 0.717) is 10.6 Å². The average Bonchev–Trinajstić information content (AvgIpc) is 2.67. The van der Waals surface area contributed by atoms with E-state index < -0.39 is 11.5 Å². The SMILES string of the molecule is O=C(O)C1(c2cccc(Cl)c2)C=CNN1. The van der Waals surface area contributed by atoms with Gasteiger partial charge in [-0.1, -0.05) is 23.7 Å². The van der Waals surface area contributed by atoms with E-state index in [0.717, 1.165) is 0 Å². The molecule has 1 heterocycles. The van der Waals surface area contributed by atoms with Gasteiger partial charge in [0.05, 0.1) is 0 Å². The first-order chi connectivity index (χ1) is 7.15. The first kappa shape index (κ1) is 10.0. The standard InChI is InChI=1S/C10H9ClN2O2/c11-8-3-1-2-7(6-8)10(9(14)15)4-5-12-13-10/h1-6,12-13H,(H,14,15). The van der Waals surface area contributed by atoms with Gasteiger partial charge in [0.25, 0.3) is 0 Å². The molecule has 0 fully saturated rings. The number of hydrazine groups is 1. The molecule has 3 N–H and O–H groups in total. The maximum absolute atomic E-state index is 11.2. The van der Waals surface area contributed by atoms with E-state index in [2.05, 4.69) is 10.9 Å². The Morgan fingerprint density at radius 3 is 2.80 bits per heavy atom. The van der Waals surface area contributed by atoms with E-state index in [1.54, 1.807) is 36.5 Å². The van der Waals surface area contributed by atoms with Crippen LogP contribution in [0.4, 0.5) is 0 Å². The molecule has 2 rings (SSSR count). The number of carbonyl (C=O) groups is 1. The van der Waals surface area contributed by atoms with Gasteiger partial charge in [0.2, 0.25) is 0 Å². The van der Waals surface area contributed by atoms with Gasteiger partial charge < -0.3 is 10.5 Å². The maximum atomic E-state index is 11.2. The van der Waals surface area contributed by atoms with Crippen molar-refractivity contribution in [3.05, 3.63) is 47.1 Å². The van der Waals surface area contributed by atoms with Gasteiger partial charge in [-0.2, -0.15) is 0 Å². The molecular formula is C10H9ClN2O2. The Hall–Kier alpha value is -1.52. The van der Waals surface area contributed by atoms with Crippen LogP contribution in [0, 0.1) is 0 Å². The van der Waals surface area contributed by atoms with Gasteiger partial charge in [-0.05, 0) is 23.8 Å². The van der Waals surface area contributed by atoms with Crippen LogP contribution >= 0.6 is 11.6 Å². The second kappa shape index (κ2) is 3.56. The summed E-state index contributed by atoms with van der Waals surface area (Å²) in [5.74, 6) is -0.981. The Morgan fingerprint density at radius 2 is 2.27 bits per heavy atom. The fourth-order valence-corrected chi connectivity index (χ4v) is 1.70. The molecule has 4 nitrogen and oxygen atoms in total. The van der Waals surface area contributed by atoms with Crippen molar-refractivity contribution in [2.45, 2.75) is 5.54 Å². The number of halogens is 1. The van der Waals surface area contributed by atoms with Crippen molar-refractivity contribution in [3.63, 3.8) is 0 Å². The molecule has 1 aromatic carbocycles. The molecule has 0 radical (unpaired) electrons. The van der Waals surface area contributed by atoms with Crippen LogP contribution in [0.1, 0.15) is 5.56 Å². The normalized spacial score (nSPS) is 23.8. The lowest BCUT2D eigenvalue weighted by atomic mass is 9.91. The van der Waals surface area contributed by atoms with Crippen LogP contribution in [0.15, 0.2) is 36.5 Å². The number of carboxylic acid groups (broad SMARTS) is 1. The molecule has 15 heavy (non-hydrogen) atoms. The van der Waals surface area contributed by atoms with Gasteiger partial charge in [-0.3, -0.25) is 0 Å². The molecule has 5 heteroatoms. The molecule has 0 spiro atoms. The van der Waals surface area contributed by atoms with E-state index in [4.69, 9.17) is 11.6 Å². The minimum absolute atomic E-state index is 0.509. The van der Waals surface area contributed by atoms with E-state index >= 15 is 0 Å². The molecule has 0 amide bonds. The predicted octanol–water partition coefficient (Wildman–Crippen LogP) is 1.24. The third-order valence-electron chi connectivity index (χ3n) is 2.30. The largest absolute Gasteiger partial charge is 0.479 e. The Balaban J connectivity index is 2.51. The maximum Gasteiger partial charge on any atom is 0.334 e. The molecule has 0 bridgehead atoms. The van der Waals surface area contributed by atoms with E-state index in [-0.39, 0.29) is 0 Å². The quantitative estimate of drug-likeness (QED) is 0.708. The molecule has 1 atom stereocenters. The molecule has 0 saturated heterocycles. The molecule has 0 saturated carbocycles. The van der Waals surface area contributed by atoms with Crippen LogP contribution in [0.3, 0.4) is 0 Å². The minimum atomic E-state index is -1.23. The van der Waals surface area contributed by atoms with Crippen molar-refractivity contribution in [1.29, 1.82) is 0 Å². The Bertz CT molecular complexity index is 433. The van der Waals surface area contributed by atoms with Crippen LogP contribution in [-0.2, 0) is 10.3 Å². The number of rotatable bonds is 2. The third kappa shape index (κ3) is 1.58. The average molecular weight is 225 g/mol. The van der Waals surface area contributed by atoms with E-state index in [1.807, 2.05) is 0 Å². The van der Waals surface area contributed by atoms with Crippen LogP contribution in [0.2, 0.25) is 5.02 Å². The van der Waals surface area contributed by atoms with Crippen LogP contribution in [0.25, 0.3) is 0 Å². The Morgan fingerprint density at radius 1 is 1.47 bits per heavy atom. The Kier molecular flexibility index (Phi) is 2.38. The molecule has 1 aliphatic heterocycles. The van der Waals surface area contributed by atoms with Crippen molar-refractivity contribution in [3.8, 4) is 0 Å². The van der Waals surface area contributed by atoms with Crippen LogP contribution < -0.4 is 10.9 Å². The zero-order valence-corrected chi connectivity index (χ0v) is 8.45. The number of nitrogens with one attached hydrogen (secondary N) is 2. The smallest absolute Gasteiger partial charge is 0.334 e. The monoisotopic (exact) mass is 224 g/mol. The zero-order chi connectivity index (χ0) is 10.9. The first-order valence-electron chi connectivity index (χ1n) is 4.35.